The van der Waals surface area contributed by atoms with E-state index >= 15 is 0 Å². The molecule has 0 saturated heterocycles. The van der Waals surface area contributed by atoms with Crippen molar-refractivity contribution in [3.8, 4) is 0 Å². The van der Waals surface area contributed by atoms with Crippen molar-refractivity contribution in [2.24, 2.45) is 5.92 Å². The first kappa shape index (κ1) is 12.2. The summed E-state index contributed by atoms with van der Waals surface area (Å²) in [5.74, 6) is 0.170. The number of nitrogens with one attached hydrogen (secondary N) is 1. The molecule has 0 aliphatic carbocycles. The maximum atomic E-state index is 13.4. The Morgan fingerprint density at radius 1 is 1.42 bits per heavy atom. The largest absolute Gasteiger partial charge is 0.324 e. The fraction of sp³-hybridized carbons (Fsp3) is 0.308. The Kier molecular flexibility index (Phi) is 2.82. The molecular formula is C13H13FN4S. The first-order valence-electron chi connectivity index (χ1n) is 6.10. The Morgan fingerprint density at radius 3 is 2.95 bits per heavy atom. The minimum absolute atomic E-state index is 0.277. The number of nitrogens with zero attached hydrogens (tertiary/aromatic N) is 3. The highest BCUT2D eigenvalue weighted by molar-refractivity contribution is 7.71. The zero-order valence-electron chi connectivity index (χ0n) is 10.6. The molecule has 0 bridgehead atoms. The lowest BCUT2D eigenvalue weighted by Crippen LogP contribution is -2.05. The van der Waals surface area contributed by atoms with Gasteiger partial charge < -0.3 is 4.57 Å². The third-order valence-corrected chi connectivity index (χ3v) is 3.17. The number of halogens is 1. The second-order valence-corrected chi connectivity index (χ2v) is 5.37. The van der Waals surface area contributed by atoms with Crippen LogP contribution in [0.3, 0.4) is 0 Å². The monoisotopic (exact) mass is 276 g/mol. The van der Waals surface area contributed by atoms with Crippen LogP contribution in [0.25, 0.3) is 22.1 Å². The summed E-state index contributed by atoms with van der Waals surface area (Å²) in [4.78, 5) is 4.33. The molecule has 2 aromatic heterocycles. The van der Waals surface area contributed by atoms with Crippen LogP contribution in [0, 0.1) is 16.5 Å². The predicted octanol–water partition coefficient (Wildman–Crippen LogP) is 3.44. The topological polar surface area (TPSA) is 46.5 Å². The van der Waals surface area contributed by atoms with Crippen LogP contribution in [-0.2, 0) is 6.54 Å². The van der Waals surface area contributed by atoms with E-state index in [1.807, 2.05) is 4.57 Å². The molecule has 1 aromatic carbocycles. The van der Waals surface area contributed by atoms with Crippen molar-refractivity contribution in [2.45, 2.75) is 20.4 Å². The van der Waals surface area contributed by atoms with Crippen LogP contribution >= 0.6 is 12.2 Å². The predicted molar refractivity (Wildman–Crippen MR) is 75.0 cm³/mol. The second kappa shape index (κ2) is 4.38. The quantitative estimate of drug-likeness (QED) is 0.729. The van der Waals surface area contributed by atoms with Gasteiger partial charge in [0, 0.05) is 11.9 Å². The average molecular weight is 276 g/mol. The number of aromatic amines is 1. The van der Waals surface area contributed by atoms with Crippen molar-refractivity contribution in [1.82, 2.24) is 19.7 Å². The Hall–Kier alpha value is -1.82. The van der Waals surface area contributed by atoms with Gasteiger partial charge in [0.05, 0.1) is 5.52 Å². The van der Waals surface area contributed by atoms with Gasteiger partial charge in [-0.15, -0.1) is 0 Å². The highest BCUT2D eigenvalue weighted by Gasteiger charge is 2.14. The van der Waals surface area contributed by atoms with Gasteiger partial charge in [-0.1, -0.05) is 13.8 Å². The molecule has 0 saturated carbocycles. The standard InChI is InChI=1S/C13H13FN4S/c1-7(2)6-18-10-4-3-8(14)5-9(10)11-12(18)15-13(19)17-16-11/h3-5,7H,6H2,1-2H3,(H,15,17,19). The molecule has 4 nitrogen and oxygen atoms in total. The molecule has 0 aliphatic heterocycles. The fourth-order valence-electron chi connectivity index (χ4n) is 2.29. The van der Waals surface area contributed by atoms with E-state index in [0.717, 1.165) is 17.4 Å². The molecule has 0 spiro atoms. The maximum absolute atomic E-state index is 13.4. The van der Waals surface area contributed by atoms with Gasteiger partial charge >= 0.3 is 0 Å². The minimum Gasteiger partial charge on any atom is -0.324 e. The third-order valence-electron chi connectivity index (χ3n) is 2.99. The van der Waals surface area contributed by atoms with Gasteiger partial charge in [0.1, 0.15) is 11.3 Å². The molecule has 0 fully saturated rings. The molecule has 6 heteroatoms. The third kappa shape index (κ3) is 2.02. The van der Waals surface area contributed by atoms with E-state index in [4.69, 9.17) is 12.2 Å². The molecule has 0 aliphatic rings. The lowest BCUT2D eigenvalue weighted by Gasteiger charge is -2.08. The lowest BCUT2D eigenvalue weighted by molar-refractivity contribution is 0.542. The van der Waals surface area contributed by atoms with Crippen LogP contribution in [0.15, 0.2) is 18.2 Å². The fourth-order valence-corrected chi connectivity index (χ4v) is 2.43. The van der Waals surface area contributed by atoms with Gasteiger partial charge in [0.15, 0.2) is 5.65 Å². The number of H-pyrrole nitrogens is 1. The Labute approximate surface area is 114 Å². The number of benzene rings is 1. The molecule has 2 heterocycles. The zero-order chi connectivity index (χ0) is 13.6. The molecule has 0 atom stereocenters. The summed E-state index contributed by atoms with van der Waals surface area (Å²) in [6.07, 6.45) is 0. The van der Waals surface area contributed by atoms with Crippen molar-refractivity contribution >= 4 is 34.3 Å². The van der Waals surface area contributed by atoms with Gasteiger partial charge in [-0.2, -0.15) is 10.1 Å². The second-order valence-electron chi connectivity index (χ2n) is 4.98. The van der Waals surface area contributed by atoms with Gasteiger partial charge in [0.2, 0.25) is 4.77 Å². The summed E-state index contributed by atoms with van der Waals surface area (Å²) in [5, 5.41) is 7.63. The summed E-state index contributed by atoms with van der Waals surface area (Å²) in [6.45, 7) is 5.04. The Balaban J connectivity index is 2.46. The summed E-state index contributed by atoms with van der Waals surface area (Å²) in [5.41, 5.74) is 2.29. The first-order valence-corrected chi connectivity index (χ1v) is 6.51. The number of rotatable bonds is 2. The van der Waals surface area contributed by atoms with E-state index in [-0.39, 0.29) is 5.82 Å². The highest BCUT2D eigenvalue weighted by Crippen LogP contribution is 2.27. The number of aromatic nitrogens is 4. The van der Waals surface area contributed by atoms with Crippen LogP contribution in [0.2, 0.25) is 0 Å². The highest BCUT2D eigenvalue weighted by atomic mass is 32.1. The molecule has 3 aromatic rings. The smallest absolute Gasteiger partial charge is 0.215 e. The van der Waals surface area contributed by atoms with E-state index in [0.29, 0.717) is 21.9 Å². The van der Waals surface area contributed by atoms with Gasteiger partial charge in [-0.3, -0.25) is 5.10 Å². The van der Waals surface area contributed by atoms with Crippen molar-refractivity contribution in [1.29, 1.82) is 0 Å². The summed E-state index contributed by atoms with van der Waals surface area (Å²) >= 11 is 5.03. The minimum atomic E-state index is -0.277. The maximum Gasteiger partial charge on any atom is 0.215 e. The molecule has 3 rings (SSSR count). The summed E-state index contributed by atoms with van der Waals surface area (Å²) < 4.78 is 15.8. The van der Waals surface area contributed by atoms with Crippen LogP contribution in [0.5, 0.6) is 0 Å². The molecule has 0 amide bonds. The lowest BCUT2D eigenvalue weighted by atomic mass is 10.2. The van der Waals surface area contributed by atoms with Crippen LogP contribution < -0.4 is 0 Å². The van der Waals surface area contributed by atoms with Crippen molar-refractivity contribution in [2.75, 3.05) is 0 Å². The molecule has 1 N–H and O–H groups in total. The van der Waals surface area contributed by atoms with Gasteiger partial charge in [-0.25, -0.2) is 4.39 Å². The van der Waals surface area contributed by atoms with Gasteiger partial charge in [-0.05, 0) is 36.3 Å². The molecule has 19 heavy (non-hydrogen) atoms. The van der Waals surface area contributed by atoms with Crippen molar-refractivity contribution < 1.29 is 4.39 Å². The molecule has 0 unspecified atom stereocenters. The van der Waals surface area contributed by atoms with Gasteiger partial charge in [0.25, 0.3) is 0 Å². The number of fused-ring (bicyclic) bond motifs is 3. The van der Waals surface area contributed by atoms with E-state index in [1.54, 1.807) is 6.07 Å². The first-order chi connectivity index (χ1) is 9.06. The van der Waals surface area contributed by atoms with E-state index in [1.165, 1.54) is 12.1 Å². The molecule has 0 radical (unpaired) electrons. The van der Waals surface area contributed by atoms with E-state index in [2.05, 4.69) is 29.0 Å². The van der Waals surface area contributed by atoms with Crippen molar-refractivity contribution in [3.63, 3.8) is 0 Å². The van der Waals surface area contributed by atoms with E-state index < -0.39 is 0 Å². The van der Waals surface area contributed by atoms with E-state index in [9.17, 15) is 4.39 Å². The SMILES string of the molecule is CC(C)Cn1c2ccc(F)cc2c2n[nH]c(=S)nc21. The zero-order valence-corrected chi connectivity index (χ0v) is 11.5. The van der Waals surface area contributed by atoms with Crippen LogP contribution in [0.1, 0.15) is 13.8 Å². The summed E-state index contributed by atoms with van der Waals surface area (Å²) in [7, 11) is 0. The Bertz CT molecular complexity index is 818. The summed E-state index contributed by atoms with van der Waals surface area (Å²) in [6, 6.07) is 4.70. The Morgan fingerprint density at radius 2 is 2.21 bits per heavy atom. The molecule has 98 valence electrons. The number of hydrogen-bond donors (Lipinski definition) is 1. The normalized spacial score (nSPS) is 11.8. The van der Waals surface area contributed by atoms with Crippen LogP contribution in [-0.4, -0.2) is 19.7 Å². The number of hydrogen-bond acceptors (Lipinski definition) is 3. The van der Waals surface area contributed by atoms with Crippen molar-refractivity contribution in [3.05, 3.63) is 28.8 Å². The molecular weight excluding hydrogens is 263 g/mol. The average Bonchev–Trinajstić information content (AvgIpc) is 2.62. The van der Waals surface area contributed by atoms with Crippen LogP contribution in [0.4, 0.5) is 4.39 Å².